The van der Waals surface area contributed by atoms with Crippen LogP contribution in [0.3, 0.4) is 0 Å². The van der Waals surface area contributed by atoms with Crippen LogP contribution in [0.5, 0.6) is 0 Å². The van der Waals surface area contributed by atoms with Crippen molar-refractivity contribution >= 4 is 5.91 Å². The number of hydrogen-bond acceptors (Lipinski definition) is 3. The van der Waals surface area contributed by atoms with Gasteiger partial charge in [0.05, 0.1) is 5.69 Å². The molecular formula is C21H19F2N3O2. The van der Waals surface area contributed by atoms with Gasteiger partial charge < -0.3 is 5.32 Å². The fourth-order valence-electron chi connectivity index (χ4n) is 2.80. The summed E-state index contributed by atoms with van der Waals surface area (Å²) >= 11 is 0. The summed E-state index contributed by atoms with van der Waals surface area (Å²) in [6.07, 6.45) is 0. The molecular weight excluding hydrogens is 364 g/mol. The molecule has 1 heterocycles. The SMILES string of the molecule is Cc1ccc(C)c(-c2ccc(=O)n(CC(=O)NCc3c(F)cccc3F)n2)c1. The topological polar surface area (TPSA) is 64.0 Å². The molecule has 0 aliphatic carbocycles. The highest BCUT2D eigenvalue weighted by Crippen LogP contribution is 2.21. The maximum atomic E-state index is 13.6. The van der Waals surface area contributed by atoms with Crippen molar-refractivity contribution in [3.8, 4) is 11.3 Å². The van der Waals surface area contributed by atoms with Crippen molar-refractivity contribution in [1.29, 1.82) is 0 Å². The summed E-state index contributed by atoms with van der Waals surface area (Å²) in [7, 11) is 0. The quantitative estimate of drug-likeness (QED) is 0.736. The lowest BCUT2D eigenvalue weighted by atomic mass is 10.0. The molecule has 0 fully saturated rings. The van der Waals surface area contributed by atoms with Gasteiger partial charge in [-0.2, -0.15) is 5.10 Å². The summed E-state index contributed by atoms with van der Waals surface area (Å²) in [5, 5.41) is 6.69. The fourth-order valence-corrected chi connectivity index (χ4v) is 2.80. The first-order chi connectivity index (χ1) is 13.3. The van der Waals surface area contributed by atoms with Crippen LogP contribution in [0.25, 0.3) is 11.3 Å². The van der Waals surface area contributed by atoms with Crippen LogP contribution in [-0.2, 0) is 17.9 Å². The summed E-state index contributed by atoms with van der Waals surface area (Å²) < 4.78 is 28.3. The number of nitrogens with zero attached hydrogens (tertiary/aromatic N) is 2. The van der Waals surface area contributed by atoms with Gasteiger partial charge in [-0.15, -0.1) is 0 Å². The van der Waals surface area contributed by atoms with Crippen LogP contribution in [0.4, 0.5) is 8.78 Å². The fraction of sp³-hybridized carbons (Fsp3) is 0.190. The van der Waals surface area contributed by atoms with Crippen LogP contribution < -0.4 is 10.9 Å². The molecule has 3 aromatic rings. The molecule has 0 atom stereocenters. The number of rotatable bonds is 5. The van der Waals surface area contributed by atoms with Crippen LogP contribution in [0.2, 0.25) is 0 Å². The average molecular weight is 383 g/mol. The standard InChI is InChI=1S/C21H19F2N3O2/c1-13-6-7-14(2)15(10-13)19-8-9-21(28)26(25-19)12-20(27)24-11-16-17(22)4-3-5-18(16)23/h3-10H,11-12H2,1-2H3,(H,24,27). The number of aryl methyl sites for hydroxylation is 2. The monoisotopic (exact) mass is 383 g/mol. The second kappa shape index (κ2) is 8.12. The summed E-state index contributed by atoms with van der Waals surface area (Å²) in [5.74, 6) is -2.06. The minimum Gasteiger partial charge on any atom is -0.350 e. The Morgan fingerprint density at radius 1 is 1.07 bits per heavy atom. The molecule has 144 valence electrons. The molecule has 3 rings (SSSR count). The first-order valence-electron chi connectivity index (χ1n) is 8.70. The number of aromatic nitrogens is 2. The van der Waals surface area contributed by atoms with Crippen LogP contribution in [0, 0.1) is 25.5 Å². The molecule has 7 heteroatoms. The Bertz CT molecular complexity index is 1070. The van der Waals surface area contributed by atoms with E-state index in [0.29, 0.717) is 5.69 Å². The first-order valence-corrected chi connectivity index (χ1v) is 8.70. The lowest BCUT2D eigenvalue weighted by molar-refractivity contribution is -0.122. The molecule has 0 aliphatic rings. The minimum absolute atomic E-state index is 0.236. The van der Waals surface area contributed by atoms with E-state index in [0.717, 1.165) is 33.5 Å². The highest BCUT2D eigenvalue weighted by atomic mass is 19.1. The van der Waals surface area contributed by atoms with Gasteiger partial charge in [-0.1, -0.05) is 23.8 Å². The van der Waals surface area contributed by atoms with E-state index in [1.54, 1.807) is 6.07 Å². The molecule has 5 nitrogen and oxygen atoms in total. The van der Waals surface area contributed by atoms with Crippen LogP contribution in [-0.4, -0.2) is 15.7 Å². The zero-order chi connectivity index (χ0) is 20.3. The van der Waals surface area contributed by atoms with E-state index in [-0.39, 0.29) is 18.7 Å². The molecule has 1 N–H and O–H groups in total. The molecule has 0 unspecified atom stereocenters. The first kappa shape index (κ1) is 19.4. The summed E-state index contributed by atoms with van der Waals surface area (Å²) in [6.45, 7) is 3.21. The van der Waals surface area contributed by atoms with Gasteiger partial charge in [-0.3, -0.25) is 9.59 Å². The third kappa shape index (κ3) is 4.31. The van der Waals surface area contributed by atoms with Crippen molar-refractivity contribution in [2.45, 2.75) is 26.9 Å². The average Bonchev–Trinajstić information content (AvgIpc) is 2.65. The number of carbonyl (C=O) groups is 1. The third-order valence-electron chi connectivity index (χ3n) is 4.35. The van der Waals surface area contributed by atoms with E-state index in [1.165, 1.54) is 12.1 Å². The summed E-state index contributed by atoms with van der Waals surface area (Å²) in [5.41, 5.74) is 2.78. The van der Waals surface area contributed by atoms with Crippen molar-refractivity contribution in [3.05, 3.63) is 87.2 Å². The molecule has 28 heavy (non-hydrogen) atoms. The van der Waals surface area contributed by atoms with E-state index in [1.807, 2.05) is 32.0 Å². The van der Waals surface area contributed by atoms with Gasteiger partial charge in [0, 0.05) is 23.7 Å². The van der Waals surface area contributed by atoms with Crippen molar-refractivity contribution in [2.75, 3.05) is 0 Å². The van der Waals surface area contributed by atoms with Crippen LogP contribution >= 0.6 is 0 Å². The van der Waals surface area contributed by atoms with Gasteiger partial charge in [-0.25, -0.2) is 13.5 Å². The Morgan fingerprint density at radius 2 is 1.79 bits per heavy atom. The number of carbonyl (C=O) groups excluding carboxylic acids is 1. The summed E-state index contributed by atoms with van der Waals surface area (Å²) in [4.78, 5) is 24.2. The Labute approximate surface area is 160 Å². The molecule has 1 aromatic heterocycles. The lowest BCUT2D eigenvalue weighted by Crippen LogP contribution is -2.33. The van der Waals surface area contributed by atoms with Crippen LogP contribution in [0.15, 0.2) is 53.3 Å². The number of hydrogen-bond donors (Lipinski definition) is 1. The van der Waals surface area contributed by atoms with Crippen molar-refractivity contribution < 1.29 is 13.6 Å². The van der Waals surface area contributed by atoms with Gasteiger partial charge in [-0.05, 0) is 43.7 Å². The lowest BCUT2D eigenvalue weighted by Gasteiger charge is -2.11. The van der Waals surface area contributed by atoms with E-state index >= 15 is 0 Å². The van der Waals surface area contributed by atoms with Crippen molar-refractivity contribution in [3.63, 3.8) is 0 Å². The minimum atomic E-state index is -0.743. The van der Waals surface area contributed by atoms with Crippen molar-refractivity contribution in [1.82, 2.24) is 15.1 Å². The smallest absolute Gasteiger partial charge is 0.267 e. The Balaban J connectivity index is 1.78. The summed E-state index contributed by atoms with van der Waals surface area (Å²) in [6, 6.07) is 12.3. The zero-order valence-electron chi connectivity index (χ0n) is 15.5. The number of nitrogens with one attached hydrogen (secondary N) is 1. The third-order valence-corrected chi connectivity index (χ3v) is 4.35. The number of halogens is 2. The predicted octanol–water partition coefficient (Wildman–Crippen LogP) is 3.12. The molecule has 0 radical (unpaired) electrons. The van der Waals surface area contributed by atoms with Gasteiger partial charge in [0.1, 0.15) is 18.2 Å². The number of benzene rings is 2. The molecule has 0 saturated carbocycles. The Kier molecular flexibility index (Phi) is 5.63. The Hall–Kier alpha value is -3.35. The van der Waals surface area contributed by atoms with Crippen LogP contribution in [0.1, 0.15) is 16.7 Å². The Morgan fingerprint density at radius 3 is 2.50 bits per heavy atom. The van der Waals surface area contributed by atoms with Crippen molar-refractivity contribution in [2.24, 2.45) is 0 Å². The molecule has 0 aliphatic heterocycles. The highest BCUT2D eigenvalue weighted by Gasteiger charge is 2.12. The number of amides is 1. The van der Waals surface area contributed by atoms with E-state index < -0.39 is 23.1 Å². The van der Waals surface area contributed by atoms with Gasteiger partial charge in [0.15, 0.2) is 0 Å². The molecule has 0 bridgehead atoms. The van der Waals surface area contributed by atoms with Gasteiger partial charge in [0.25, 0.3) is 5.56 Å². The molecule has 0 spiro atoms. The van der Waals surface area contributed by atoms with E-state index in [2.05, 4.69) is 10.4 Å². The normalized spacial score (nSPS) is 10.7. The van der Waals surface area contributed by atoms with E-state index in [4.69, 9.17) is 0 Å². The maximum absolute atomic E-state index is 13.6. The second-order valence-electron chi connectivity index (χ2n) is 6.51. The second-order valence-corrected chi connectivity index (χ2v) is 6.51. The molecule has 0 saturated heterocycles. The predicted molar refractivity (Wildman–Crippen MR) is 102 cm³/mol. The maximum Gasteiger partial charge on any atom is 0.267 e. The molecule has 1 amide bonds. The molecule has 2 aromatic carbocycles. The largest absolute Gasteiger partial charge is 0.350 e. The zero-order valence-corrected chi connectivity index (χ0v) is 15.5. The highest BCUT2D eigenvalue weighted by molar-refractivity contribution is 5.75. The van der Waals surface area contributed by atoms with E-state index in [9.17, 15) is 18.4 Å². The van der Waals surface area contributed by atoms with Gasteiger partial charge >= 0.3 is 0 Å². The van der Waals surface area contributed by atoms with Gasteiger partial charge in [0.2, 0.25) is 5.91 Å².